The molecule has 1 atom stereocenters. The summed E-state index contributed by atoms with van der Waals surface area (Å²) >= 11 is 0. The minimum atomic E-state index is -4.43. The van der Waals surface area contributed by atoms with Gasteiger partial charge in [-0.05, 0) is 24.6 Å². The summed E-state index contributed by atoms with van der Waals surface area (Å²) in [6, 6.07) is 3.64. The zero-order valence-corrected chi connectivity index (χ0v) is 9.79. The zero-order chi connectivity index (χ0) is 13.8. The molecule has 0 spiro atoms. The van der Waals surface area contributed by atoms with Gasteiger partial charge in [-0.1, -0.05) is 19.4 Å². The summed E-state index contributed by atoms with van der Waals surface area (Å²) < 4.78 is 37.4. The lowest BCUT2D eigenvalue weighted by molar-refractivity contribution is -0.138. The molecule has 0 heterocycles. The van der Waals surface area contributed by atoms with E-state index in [2.05, 4.69) is 5.32 Å². The Morgan fingerprint density at radius 1 is 1.44 bits per heavy atom. The third-order valence-electron chi connectivity index (χ3n) is 2.41. The normalized spacial score (nSPS) is 13.1. The Balaban J connectivity index is 2.87. The average Bonchev–Trinajstić information content (AvgIpc) is 2.27. The number of hydrogen-bond donors (Lipinski definition) is 2. The van der Waals surface area contributed by atoms with Crippen LogP contribution in [0.15, 0.2) is 24.3 Å². The van der Waals surface area contributed by atoms with Crippen molar-refractivity contribution in [3.05, 3.63) is 29.8 Å². The molecule has 1 rings (SSSR count). The predicted molar refractivity (Wildman–Crippen MR) is 61.4 cm³/mol. The second kappa shape index (κ2) is 5.75. The van der Waals surface area contributed by atoms with Crippen LogP contribution >= 0.6 is 0 Å². The highest BCUT2D eigenvalue weighted by Crippen LogP contribution is 2.30. The maximum atomic E-state index is 12.5. The maximum Gasteiger partial charge on any atom is 0.416 e. The fraction of sp³-hybridized carbons (Fsp3) is 0.417. The number of alkyl halides is 3. The number of hydrogen-bond acceptors (Lipinski definition) is 2. The monoisotopic (exact) mass is 261 g/mol. The Morgan fingerprint density at radius 2 is 2.11 bits per heavy atom. The summed E-state index contributed by atoms with van der Waals surface area (Å²) in [4.78, 5) is 10.9. The number of benzene rings is 1. The van der Waals surface area contributed by atoms with Crippen molar-refractivity contribution in [3.63, 3.8) is 0 Å². The first-order valence-electron chi connectivity index (χ1n) is 5.51. The van der Waals surface area contributed by atoms with Crippen molar-refractivity contribution in [3.8, 4) is 0 Å². The van der Waals surface area contributed by atoms with Crippen LogP contribution in [0, 0.1) is 0 Å². The van der Waals surface area contributed by atoms with Crippen LogP contribution in [0.25, 0.3) is 0 Å². The minimum Gasteiger partial charge on any atom is -0.480 e. The molecule has 18 heavy (non-hydrogen) atoms. The summed E-state index contributed by atoms with van der Waals surface area (Å²) in [6.45, 7) is 1.81. The number of carboxylic acid groups (broad SMARTS) is 1. The van der Waals surface area contributed by atoms with Gasteiger partial charge in [-0.25, -0.2) is 4.79 Å². The van der Waals surface area contributed by atoms with E-state index in [9.17, 15) is 18.0 Å². The van der Waals surface area contributed by atoms with Crippen molar-refractivity contribution in [2.24, 2.45) is 0 Å². The van der Waals surface area contributed by atoms with Gasteiger partial charge < -0.3 is 10.4 Å². The van der Waals surface area contributed by atoms with E-state index >= 15 is 0 Å². The Hall–Kier alpha value is -1.72. The number of aliphatic carboxylic acids is 1. The molecule has 0 amide bonds. The van der Waals surface area contributed by atoms with E-state index in [1.807, 2.05) is 6.92 Å². The zero-order valence-electron chi connectivity index (χ0n) is 9.79. The summed E-state index contributed by atoms with van der Waals surface area (Å²) in [7, 11) is 0. The summed E-state index contributed by atoms with van der Waals surface area (Å²) in [5.41, 5.74) is -0.640. The molecule has 1 aromatic carbocycles. The van der Waals surface area contributed by atoms with Crippen molar-refractivity contribution in [2.45, 2.75) is 32.0 Å². The highest BCUT2D eigenvalue weighted by atomic mass is 19.4. The topological polar surface area (TPSA) is 49.3 Å². The molecule has 0 saturated carbocycles. The molecule has 0 aliphatic carbocycles. The highest BCUT2D eigenvalue weighted by Gasteiger charge is 2.30. The van der Waals surface area contributed by atoms with Crippen LogP contribution in [0.4, 0.5) is 18.9 Å². The van der Waals surface area contributed by atoms with E-state index in [1.165, 1.54) is 12.1 Å². The quantitative estimate of drug-likeness (QED) is 0.854. The van der Waals surface area contributed by atoms with Crippen LogP contribution in [-0.4, -0.2) is 17.1 Å². The molecule has 0 bridgehead atoms. The Labute approximate surface area is 103 Å². The molecule has 3 nitrogen and oxygen atoms in total. The fourth-order valence-electron chi connectivity index (χ4n) is 1.53. The van der Waals surface area contributed by atoms with Crippen LogP contribution in [0.5, 0.6) is 0 Å². The average molecular weight is 261 g/mol. The second-order valence-electron chi connectivity index (χ2n) is 3.90. The van der Waals surface area contributed by atoms with Crippen molar-refractivity contribution in [1.82, 2.24) is 0 Å². The number of rotatable bonds is 5. The van der Waals surface area contributed by atoms with Crippen molar-refractivity contribution >= 4 is 11.7 Å². The molecule has 0 saturated heterocycles. The number of carboxylic acids is 1. The number of anilines is 1. The van der Waals surface area contributed by atoms with Crippen LogP contribution in [0.1, 0.15) is 25.3 Å². The standard InChI is InChI=1S/C12H14F3NO2/c1-2-4-10(11(17)18)16-9-6-3-5-8(7-9)12(13,14)15/h3,5-7,10,16H,2,4H2,1H3,(H,17,18). The van der Waals surface area contributed by atoms with Crippen LogP contribution in [0.3, 0.4) is 0 Å². The van der Waals surface area contributed by atoms with Gasteiger partial charge >= 0.3 is 12.1 Å². The van der Waals surface area contributed by atoms with E-state index < -0.39 is 23.8 Å². The molecule has 0 aliphatic heterocycles. The van der Waals surface area contributed by atoms with E-state index in [0.717, 1.165) is 12.1 Å². The molecule has 0 radical (unpaired) electrons. The molecule has 0 fully saturated rings. The van der Waals surface area contributed by atoms with Gasteiger partial charge in [-0.15, -0.1) is 0 Å². The Kier molecular flexibility index (Phi) is 4.58. The number of carbonyl (C=O) groups is 1. The predicted octanol–water partition coefficient (Wildman–Crippen LogP) is 3.37. The van der Waals surface area contributed by atoms with Gasteiger partial charge in [-0.2, -0.15) is 13.2 Å². The Bertz CT molecular complexity index is 418. The number of halogens is 3. The molecule has 0 aromatic heterocycles. The molecule has 100 valence electrons. The summed E-state index contributed by atoms with van der Waals surface area (Å²) in [6.07, 6.45) is -3.45. The SMILES string of the molecule is CCCC(Nc1cccc(C(F)(F)F)c1)C(=O)O. The summed E-state index contributed by atoms with van der Waals surface area (Å²) in [5, 5.41) is 11.5. The smallest absolute Gasteiger partial charge is 0.416 e. The first-order valence-corrected chi connectivity index (χ1v) is 5.51. The maximum absolute atomic E-state index is 12.5. The van der Waals surface area contributed by atoms with Crippen LogP contribution < -0.4 is 5.32 Å². The molecule has 6 heteroatoms. The number of nitrogens with one attached hydrogen (secondary N) is 1. The molecular weight excluding hydrogens is 247 g/mol. The molecule has 1 aromatic rings. The van der Waals surface area contributed by atoms with Gasteiger partial charge in [0.1, 0.15) is 6.04 Å². The molecule has 2 N–H and O–H groups in total. The lowest BCUT2D eigenvalue weighted by Crippen LogP contribution is -2.29. The first kappa shape index (κ1) is 14.3. The third-order valence-corrected chi connectivity index (χ3v) is 2.41. The lowest BCUT2D eigenvalue weighted by Gasteiger charge is -2.16. The van der Waals surface area contributed by atoms with Crippen LogP contribution in [-0.2, 0) is 11.0 Å². The summed E-state index contributed by atoms with van der Waals surface area (Å²) in [5.74, 6) is -1.07. The van der Waals surface area contributed by atoms with Crippen molar-refractivity contribution < 1.29 is 23.1 Å². The Morgan fingerprint density at radius 3 is 2.61 bits per heavy atom. The van der Waals surface area contributed by atoms with E-state index in [-0.39, 0.29) is 5.69 Å². The van der Waals surface area contributed by atoms with Crippen molar-refractivity contribution in [2.75, 3.05) is 5.32 Å². The molecular formula is C12H14F3NO2. The van der Waals surface area contributed by atoms with Crippen LogP contribution in [0.2, 0.25) is 0 Å². The van der Waals surface area contributed by atoms with Gasteiger partial charge in [0.15, 0.2) is 0 Å². The van der Waals surface area contributed by atoms with E-state index in [0.29, 0.717) is 12.8 Å². The largest absolute Gasteiger partial charge is 0.480 e. The first-order chi connectivity index (χ1) is 8.34. The van der Waals surface area contributed by atoms with Gasteiger partial charge in [0.25, 0.3) is 0 Å². The van der Waals surface area contributed by atoms with Gasteiger partial charge in [-0.3, -0.25) is 0 Å². The van der Waals surface area contributed by atoms with Gasteiger partial charge in [0.2, 0.25) is 0 Å². The second-order valence-corrected chi connectivity index (χ2v) is 3.90. The third kappa shape index (κ3) is 3.94. The van der Waals surface area contributed by atoms with Crippen molar-refractivity contribution in [1.29, 1.82) is 0 Å². The van der Waals surface area contributed by atoms with E-state index in [4.69, 9.17) is 5.11 Å². The minimum absolute atomic E-state index is 0.158. The molecule has 1 unspecified atom stereocenters. The highest BCUT2D eigenvalue weighted by molar-refractivity contribution is 5.77. The molecule has 0 aliphatic rings. The van der Waals surface area contributed by atoms with E-state index in [1.54, 1.807) is 0 Å². The van der Waals surface area contributed by atoms with Gasteiger partial charge in [0.05, 0.1) is 5.56 Å². The fourth-order valence-corrected chi connectivity index (χ4v) is 1.53. The lowest BCUT2D eigenvalue weighted by atomic mass is 10.1. The van der Waals surface area contributed by atoms with Gasteiger partial charge in [0, 0.05) is 5.69 Å².